The molecule has 0 bridgehead atoms. The lowest BCUT2D eigenvalue weighted by Gasteiger charge is -2.04. The van der Waals surface area contributed by atoms with Gasteiger partial charge in [-0.3, -0.25) is 10.2 Å². The van der Waals surface area contributed by atoms with Crippen molar-refractivity contribution in [1.82, 2.24) is 10.9 Å². The van der Waals surface area contributed by atoms with E-state index < -0.39 is 0 Å². The zero-order valence-corrected chi connectivity index (χ0v) is 10.0. The van der Waals surface area contributed by atoms with Crippen molar-refractivity contribution in [3.05, 3.63) is 35.4 Å². The molecule has 0 heterocycles. The molecule has 3 heteroatoms. The molecule has 0 saturated heterocycles. The largest absolute Gasteiger partial charge is 0.292 e. The van der Waals surface area contributed by atoms with Crippen LogP contribution in [-0.4, -0.2) is 13.0 Å². The van der Waals surface area contributed by atoms with Crippen LogP contribution in [0.25, 0.3) is 0 Å². The first-order valence-corrected chi connectivity index (χ1v) is 5.73. The fourth-order valence-electron chi connectivity index (χ4n) is 1.68. The first-order valence-electron chi connectivity index (χ1n) is 5.73. The third-order valence-electron chi connectivity index (χ3n) is 2.47. The monoisotopic (exact) mass is 220 g/mol. The summed E-state index contributed by atoms with van der Waals surface area (Å²) < 4.78 is 0. The van der Waals surface area contributed by atoms with E-state index in [2.05, 4.69) is 42.0 Å². The van der Waals surface area contributed by atoms with E-state index >= 15 is 0 Å². The van der Waals surface area contributed by atoms with Crippen molar-refractivity contribution in [1.29, 1.82) is 0 Å². The van der Waals surface area contributed by atoms with Crippen LogP contribution in [0.5, 0.6) is 0 Å². The fraction of sp³-hybridized carbons (Fsp3) is 0.462. The minimum absolute atomic E-state index is 0.0618. The second-order valence-electron chi connectivity index (χ2n) is 3.99. The molecule has 0 radical (unpaired) electrons. The number of rotatable bonds is 6. The van der Waals surface area contributed by atoms with Crippen molar-refractivity contribution in [2.45, 2.75) is 32.6 Å². The van der Waals surface area contributed by atoms with Crippen molar-refractivity contribution >= 4 is 5.91 Å². The fourth-order valence-corrected chi connectivity index (χ4v) is 1.68. The van der Waals surface area contributed by atoms with Gasteiger partial charge in [-0.1, -0.05) is 29.8 Å². The highest BCUT2D eigenvalue weighted by Crippen LogP contribution is 2.08. The van der Waals surface area contributed by atoms with Crippen molar-refractivity contribution in [2.24, 2.45) is 0 Å². The van der Waals surface area contributed by atoms with Gasteiger partial charge in [-0.2, -0.15) is 0 Å². The van der Waals surface area contributed by atoms with Gasteiger partial charge < -0.3 is 0 Å². The molecule has 3 nitrogen and oxygen atoms in total. The van der Waals surface area contributed by atoms with Crippen LogP contribution in [0.3, 0.4) is 0 Å². The normalized spacial score (nSPS) is 10.1. The van der Waals surface area contributed by atoms with E-state index in [9.17, 15) is 4.79 Å². The Morgan fingerprint density at radius 2 is 2.12 bits per heavy atom. The summed E-state index contributed by atoms with van der Waals surface area (Å²) in [5.74, 6) is 0.0618. The maximum atomic E-state index is 11.1. The van der Waals surface area contributed by atoms with E-state index in [4.69, 9.17) is 0 Å². The van der Waals surface area contributed by atoms with Crippen LogP contribution in [0.2, 0.25) is 0 Å². The van der Waals surface area contributed by atoms with Crippen LogP contribution in [0, 0.1) is 6.92 Å². The van der Waals surface area contributed by atoms with Crippen LogP contribution in [0.4, 0.5) is 0 Å². The Balaban J connectivity index is 2.18. The number of carbonyl (C=O) groups excluding carboxylic acids is 1. The summed E-state index contributed by atoms with van der Waals surface area (Å²) in [4.78, 5) is 11.1. The van der Waals surface area contributed by atoms with E-state index in [1.165, 1.54) is 11.1 Å². The van der Waals surface area contributed by atoms with Gasteiger partial charge in [0.1, 0.15) is 0 Å². The van der Waals surface area contributed by atoms with Crippen LogP contribution in [-0.2, 0) is 11.2 Å². The number of carbonyl (C=O) groups is 1. The molecular weight excluding hydrogens is 200 g/mol. The molecule has 0 aliphatic heterocycles. The molecule has 1 aromatic rings. The number of amides is 1. The van der Waals surface area contributed by atoms with Crippen molar-refractivity contribution in [2.75, 3.05) is 7.05 Å². The van der Waals surface area contributed by atoms with Gasteiger partial charge in [-0.15, -0.1) is 0 Å². The van der Waals surface area contributed by atoms with Crippen molar-refractivity contribution < 1.29 is 4.79 Å². The highest BCUT2D eigenvalue weighted by Gasteiger charge is 1.99. The van der Waals surface area contributed by atoms with E-state index in [1.54, 1.807) is 7.05 Å². The number of benzene rings is 1. The van der Waals surface area contributed by atoms with Crippen molar-refractivity contribution in [3.63, 3.8) is 0 Å². The van der Waals surface area contributed by atoms with Gasteiger partial charge in [-0.25, -0.2) is 5.43 Å². The van der Waals surface area contributed by atoms with E-state index in [-0.39, 0.29) is 5.91 Å². The number of aryl methyl sites for hydroxylation is 2. The van der Waals surface area contributed by atoms with Gasteiger partial charge in [-0.05, 0) is 31.7 Å². The molecule has 0 aromatic heterocycles. The molecule has 0 spiro atoms. The van der Waals surface area contributed by atoms with E-state index in [1.807, 2.05) is 0 Å². The topological polar surface area (TPSA) is 41.1 Å². The van der Waals surface area contributed by atoms with Gasteiger partial charge in [0.05, 0.1) is 0 Å². The molecule has 88 valence electrons. The SMILES string of the molecule is CNNC(=O)CCCCc1cccc(C)c1. The lowest BCUT2D eigenvalue weighted by molar-refractivity contribution is -0.122. The second kappa shape index (κ2) is 7.01. The molecule has 1 aromatic carbocycles. The number of hydrazine groups is 1. The third kappa shape index (κ3) is 4.94. The van der Waals surface area contributed by atoms with Gasteiger partial charge in [0.25, 0.3) is 0 Å². The second-order valence-corrected chi connectivity index (χ2v) is 3.99. The smallest absolute Gasteiger partial charge is 0.234 e. The van der Waals surface area contributed by atoms with Gasteiger partial charge in [0.2, 0.25) is 5.91 Å². The molecule has 1 amide bonds. The lowest BCUT2D eigenvalue weighted by Crippen LogP contribution is -2.33. The summed E-state index contributed by atoms with van der Waals surface area (Å²) in [7, 11) is 1.70. The zero-order valence-electron chi connectivity index (χ0n) is 10.0. The van der Waals surface area contributed by atoms with Crippen LogP contribution in [0.15, 0.2) is 24.3 Å². The molecule has 0 unspecified atom stereocenters. The predicted octanol–water partition coefficient (Wildman–Crippen LogP) is 1.96. The molecular formula is C13H20N2O. The maximum absolute atomic E-state index is 11.1. The number of hydrogen-bond donors (Lipinski definition) is 2. The summed E-state index contributed by atoms with van der Waals surface area (Å²) in [6.07, 6.45) is 3.63. The molecule has 2 N–H and O–H groups in total. The highest BCUT2D eigenvalue weighted by molar-refractivity contribution is 5.75. The number of hydrogen-bond acceptors (Lipinski definition) is 2. The van der Waals surface area contributed by atoms with Gasteiger partial charge in [0.15, 0.2) is 0 Å². The summed E-state index contributed by atoms with van der Waals surface area (Å²) in [5, 5.41) is 0. The van der Waals surface area contributed by atoms with Gasteiger partial charge >= 0.3 is 0 Å². The Morgan fingerprint density at radius 3 is 2.81 bits per heavy atom. The Hall–Kier alpha value is -1.35. The molecule has 0 fully saturated rings. The number of unbranched alkanes of at least 4 members (excludes halogenated alkanes) is 1. The third-order valence-corrected chi connectivity index (χ3v) is 2.47. The zero-order chi connectivity index (χ0) is 11.8. The predicted molar refractivity (Wildman–Crippen MR) is 65.9 cm³/mol. The molecule has 0 aliphatic carbocycles. The molecule has 16 heavy (non-hydrogen) atoms. The average molecular weight is 220 g/mol. The molecule has 0 aliphatic rings. The summed E-state index contributed by atoms with van der Waals surface area (Å²) in [6.45, 7) is 2.10. The molecule has 1 rings (SSSR count). The minimum Gasteiger partial charge on any atom is -0.292 e. The van der Waals surface area contributed by atoms with Gasteiger partial charge in [0, 0.05) is 13.5 Å². The van der Waals surface area contributed by atoms with Crippen LogP contribution < -0.4 is 10.9 Å². The Morgan fingerprint density at radius 1 is 1.31 bits per heavy atom. The molecule has 0 saturated carbocycles. The first-order chi connectivity index (χ1) is 7.72. The first kappa shape index (κ1) is 12.7. The summed E-state index contributed by atoms with van der Waals surface area (Å²) in [6, 6.07) is 8.52. The quantitative estimate of drug-likeness (QED) is 0.568. The lowest BCUT2D eigenvalue weighted by atomic mass is 10.1. The Labute approximate surface area is 97.2 Å². The Bertz CT molecular complexity index is 336. The standard InChI is InChI=1S/C13H20N2O/c1-11-6-5-8-12(10-11)7-3-4-9-13(16)15-14-2/h5-6,8,10,14H,3-4,7,9H2,1-2H3,(H,15,16). The van der Waals surface area contributed by atoms with E-state index in [0.717, 1.165) is 19.3 Å². The maximum Gasteiger partial charge on any atom is 0.234 e. The van der Waals surface area contributed by atoms with Crippen LogP contribution >= 0.6 is 0 Å². The highest BCUT2D eigenvalue weighted by atomic mass is 16.2. The van der Waals surface area contributed by atoms with Crippen molar-refractivity contribution in [3.8, 4) is 0 Å². The molecule has 0 atom stereocenters. The average Bonchev–Trinajstić information content (AvgIpc) is 2.25. The van der Waals surface area contributed by atoms with Crippen LogP contribution in [0.1, 0.15) is 30.4 Å². The minimum atomic E-state index is 0.0618. The Kier molecular flexibility index (Phi) is 5.57. The number of nitrogens with one attached hydrogen (secondary N) is 2. The summed E-state index contributed by atoms with van der Waals surface area (Å²) in [5.41, 5.74) is 7.85. The van der Waals surface area contributed by atoms with E-state index in [0.29, 0.717) is 6.42 Å². The summed E-state index contributed by atoms with van der Waals surface area (Å²) >= 11 is 0.